The largest absolute Gasteiger partial charge is 0.461 e. The van der Waals surface area contributed by atoms with Crippen molar-refractivity contribution in [2.24, 2.45) is 0 Å². The molecule has 31 heavy (non-hydrogen) atoms. The van der Waals surface area contributed by atoms with Crippen molar-refractivity contribution >= 4 is 29.2 Å². The van der Waals surface area contributed by atoms with Gasteiger partial charge < -0.3 is 19.1 Å². The van der Waals surface area contributed by atoms with E-state index in [4.69, 9.17) is 25.8 Å². The Hall–Kier alpha value is -3.52. The molecule has 0 N–H and O–H groups in total. The van der Waals surface area contributed by atoms with Crippen LogP contribution in [0.2, 0.25) is 5.02 Å². The van der Waals surface area contributed by atoms with E-state index in [0.717, 1.165) is 0 Å². The molecule has 0 bridgehead atoms. The van der Waals surface area contributed by atoms with Gasteiger partial charge in [-0.3, -0.25) is 4.79 Å². The Morgan fingerprint density at radius 1 is 1.19 bits per heavy atom. The van der Waals surface area contributed by atoms with Gasteiger partial charge >= 0.3 is 5.97 Å². The highest BCUT2D eigenvalue weighted by Gasteiger charge is 2.23. The minimum atomic E-state index is -0.593. The van der Waals surface area contributed by atoms with E-state index in [1.165, 1.54) is 9.58 Å². The first-order chi connectivity index (χ1) is 14.9. The Morgan fingerprint density at radius 2 is 1.97 bits per heavy atom. The van der Waals surface area contributed by atoms with Crippen LogP contribution in [0, 0.1) is 6.92 Å². The topological polar surface area (TPSA) is 82.9 Å². The van der Waals surface area contributed by atoms with E-state index in [1.807, 2.05) is 0 Å². The fraction of sp³-hybridized carbons (Fsp3) is 0.227. The summed E-state index contributed by atoms with van der Waals surface area (Å²) in [5.41, 5.74) is 2.32. The first-order valence-corrected chi connectivity index (χ1v) is 9.99. The molecule has 9 heteroatoms. The molecule has 8 nitrogen and oxygen atoms in total. The summed E-state index contributed by atoms with van der Waals surface area (Å²) >= 11 is 6.29. The molecule has 1 amide bonds. The number of aromatic nitrogens is 2. The maximum absolute atomic E-state index is 13.1. The van der Waals surface area contributed by atoms with Gasteiger partial charge in [0.2, 0.25) is 6.79 Å². The van der Waals surface area contributed by atoms with E-state index in [1.54, 1.807) is 63.4 Å². The lowest BCUT2D eigenvalue weighted by molar-refractivity contribution is 0.0519. The predicted molar refractivity (Wildman–Crippen MR) is 115 cm³/mol. The summed E-state index contributed by atoms with van der Waals surface area (Å²) in [6.07, 6.45) is 0. The summed E-state index contributed by atoms with van der Waals surface area (Å²) in [6, 6.07) is 12.2. The maximum atomic E-state index is 13.1. The normalized spacial score (nSPS) is 12.0. The Kier molecular flexibility index (Phi) is 5.56. The number of esters is 1. The van der Waals surface area contributed by atoms with Crippen LogP contribution in [0.5, 0.6) is 11.5 Å². The van der Waals surface area contributed by atoms with Gasteiger partial charge in [-0.25, -0.2) is 9.48 Å². The quantitative estimate of drug-likeness (QED) is 0.556. The van der Waals surface area contributed by atoms with E-state index in [9.17, 15) is 9.59 Å². The molecule has 0 unspecified atom stereocenters. The lowest BCUT2D eigenvalue weighted by Gasteiger charge is -2.18. The fourth-order valence-electron chi connectivity index (χ4n) is 3.24. The van der Waals surface area contributed by atoms with Crippen LogP contribution in [0.3, 0.4) is 0 Å². The van der Waals surface area contributed by atoms with Gasteiger partial charge in [-0.15, -0.1) is 0 Å². The highest BCUT2D eigenvalue weighted by atomic mass is 35.5. The van der Waals surface area contributed by atoms with Gasteiger partial charge in [-0.1, -0.05) is 17.7 Å². The van der Waals surface area contributed by atoms with Crippen molar-refractivity contribution in [3.8, 4) is 17.2 Å². The summed E-state index contributed by atoms with van der Waals surface area (Å²) in [5.74, 6) is 0.431. The van der Waals surface area contributed by atoms with Crippen LogP contribution in [-0.4, -0.2) is 42.1 Å². The molecule has 0 aliphatic carbocycles. The lowest BCUT2D eigenvalue weighted by atomic mass is 10.1. The fourth-order valence-corrected chi connectivity index (χ4v) is 3.43. The first kappa shape index (κ1) is 20.7. The molecule has 0 saturated heterocycles. The number of hydrogen-bond donors (Lipinski definition) is 0. The van der Waals surface area contributed by atoms with Crippen molar-refractivity contribution < 1.29 is 23.8 Å². The Bertz CT molecular complexity index is 1170. The van der Waals surface area contributed by atoms with Gasteiger partial charge in [0.15, 0.2) is 17.2 Å². The molecule has 1 aliphatic heterocycles. The van der Waals surface area contributed by atoms with Crippen LogP contribution in [0.4, 0.5) is 5.69 Å². The molecule has 160 valence electrons. The molecule has 1 aliphatic rings. The zero-order chi connectivity index (χ0) is 22.1. The average Bonchev–Trinajstić information content (AvgIpc) is 3.37. The number of anilines is 1. The molecule has 2 heterocycles. The Balaban J connectivity index is 1.63. The number of carbonyl (C=O) groups excluding carboxylic acids is 2. The SMILES string of the molecule is CCOC(=O)c1nn(-c2cccc(C(=O)N(C)c3ccc4c(c3)OCO4)c2)c(C)c1Cl. The monoisotopic (exact) mass is 441 g/mol. The molecule has 0 spiro atoms. The van der Waals surface area contributed by atoms with Crippen molar-refractivity contribution in [1.82, 2.24) is 9.78 Å². The number of hydrogen-bond acceptors (Lipinski definition) is 6. The average molecular weight is 442 g/mol. The number of carbonyl (C=O) groups is 2. The Labute approximate surface area is 183 Å². The number of benzene rings is 2. The summed E-state index contributed by atoms with van der Waals surface area (Å²) in [7, 11) is 1.68. The second kappa shape index (κ2) is 8.31. The van der Waals surface area contributed by atoms with Crippen LogP contribution in [0.15, 0.2) is 42.5 Å². The van der Waals surface area contributed by atoms with E-state index in [2.05, 4.69) is 5.10 Å². The number of ether oxygens (including phenoxy) is 3. The summed E-state index contributed by atoms with van der Waals surface area (Å²) in [6.45, 7) is 3.84. The molecular formula is C22H20ClN3O5. The molecule has 2 aromatic carbocycles. The molecule has 1 aromatic heterocycles. The van der Waals surface area contributed by atoms with Crippen molar-refractivity contribution in [3.63, 3.8) is 0 Å². The summed E-state index contributed by atoms with van der Waals surface area (Å²) in [5, 5.41) is 4.51. The van der Waals surface area contributed by atoms with Gasteiger partial charge in [0.05, 0.1) is 23.0 Å². The number of nitrogens with zero attached hydrogens (tertiary/aromatic N) is 3. The highest BCUT2D eigenvalue weighted by Crippen LogP contribution is 2.35. The van der Waals surface area contributed by atoms with Crippen molar-refractivity contribution in [3.05, 3.63) is 64.4 Å². The predicted octanol–water partition coefficient (Wildman–Crippen LogP) is 4.02. The number of rotatable bonds is 5. The molecule has 0 fully saturated rings. The number of fused-ring (bicyclic) bond motifs is 1. The van der Waals surface area contributed by atoms with Crippen molar-refractivity contribution in [2.75, 3.05) is 25.3 Å². The lowest BCUT2D eigenvalue weighted by Crippen LogP contribution is -2.26. The van der Waals surface area contributed by atoms with Crippen molar-refractivity contribution in [1.29, 1.82) is 0 Å². The molecule has 3 aromatic rings. The van der Waals surface area contributed by atoms with Gasteiger partial charge in [0, 0.05) is 24.4 Å². The molecule has 0 radical (unpaired) electrons. The minimum Gasteiger partial charge on any atom is -0.461 e. The van der Waals surface area contributed by atoms with Gasteiger partial charge in [0.1, 0.15) is 0 Å². The third-order valence-corrected chi connectivity index (χ3v) is 5.35. The first-order valence-electron chi connectivity index (χ1n) is 9.61. The van der Waals surface area contributed by atoms with Gasteiger partial charge in [-0.05, 0) is 44.2 Å². The van der Waals surface area contributed by atoms with Crippen LogP contribution in [-0.2, 0) is 4.74 Å². The highest BCUT2D eigenvalue weighted by molar-refractivity contribution is 6.34. The minimum absolute atomic E-state index is 0.0372. The van der Waals surface area contributed by atoms with Gasteiger partial charge in [-0.2, -0.15) is 5.10 Å². The standard InChI is InChI=1S/C22H20ClN3O5/c1-4-29-22(28)20-19(23)13(2)26(24-20)16-7-5-6-14(10-16)21(27)25(3)15-8-9-17-18(11-15)31-12-30-17/h5-11H,4,12H2,1-3H3. The van der Waals surface area contributed by atoms with Crippen molar-refractivity contribution in [2.45, 2.75) is 13.8 Å². The van der Waals surface area contributed by atoms with E-state index >= 15 is 0 Å². The molecule has 0 atom stereocenters. The maximum Gasteiger partial charge on any atom is 0.360 e. The third-order valence-electron chi connectivity index (χ3n) is 4.90. The summed E-state index contributed by atoms with van der Waals surface area (Å²) in [4.78, 5) is 26.7. The molecule has 4 rings (SSSR count). The summed E-state index contributed by atoms with van der Waals surface area (Å²) < 4.78 is 17.2. The zero-order valence-electron chi connectivity index (χ0n) is 17.2. The van der Waals surface area contributed by atoms with E-state index in [-0.39, 0.29) is 30.0 Å². The second-order valence-corrected chi connectivity index (χ2v) is 7.21. The van der Waals surface area contributed by atoms with E-state index < -0.39 is 5.97 Å². The third kappa shape index (κ3) is 3.82. The van der Waals surface area contributed by atoms with Gasteiger partial charge in [0.25, 0.3) is 5.91 Å². The zero-order valence-corrected chi connectivity index (χ0v) is 18.0. The number of amides is 1. The van der Waals surface area contributed by atoms with Crippen LogP contribution in [0.25, 0.3) is 5.69 Å². The molecular weight excluding hydrogens is 422 g/mol. The number of halogens is 1. The van der Waals surface area contributed by atoms with E-state index in [0.29, 0.717) is 34.1 Å². The molecule has 0 saturated carbocycles. The van der Waals surface area contributed by atoms with Crippen LogP contribution < -0.4 is 14.4 Å². The van der Waals surface area contributed by atoms with Crippen LogP contribution in [0.1, 0.15) is 33.5 Å². The smallest absolute Gasteiger partial charge is 0.360 e. The van der Waals surface area contributed by atoms with Crippen LogP contribution >= 0.6 is 11.6 Å². The second-order valence-electron chi connectivity index (χ2n) is 6.83. The Morgan fingerprint density at radius 3 is 2.74 bits per heavy atom.